The summed E-state index contributed by atoms with van der Waals surface area (Å²) in [6.07, 6.45) is 5.98. The number of hydrogen-bond donors (Lipinski definition) is 2. The van der Waals surface area contributed by atoms with Gasteiger partial charge in [-0.3, -0.25) is 9.63 Å². The minimum absolute atomic E-state index is 0.377. The Kier molecular flexibility index (Phi) is 5.05. The van der Waals surface area contributed by atoms with Crippen LogP contribution >= 0.6 is 0 Å². The molecule has 15 heavy (non-hydrogen) atoms. The van der Waals surface area contributed by atoms with Crippen LogP contribution in [0.25, 0.3) is 0 Å². The topological polar surface area (TPSA) is 58.6 Å². The van der Waals surface area contributed by atoms with E-state index in [9.17, 15) is 9.90 Å². The standard InChI is InChI=1S/C11H21NO3/c1-2-3-9-15-12-10(13)11(14)7-5-4-6-8-11/h14H,2-9H2,1H3,(H,12,13). The highest BCUT2D eigenvalue weighted by atomic mass is 16.7. The van der Waals surface area contributed by atoms with Gasteiger partial charge in [0.1, 0.15) is 5.60 Å². The number of rotatable bonds is 5. The summed E-state index contributed by atoms with van der Waals surface area (Å²) >= 11 is 0. The number of carbonyl (C=O) groups excluding carboxylic acids is 1. The summed E-state index contributed by atoms with van der Waals surface area (Å²) in [5, 5.41) is 10.0. The van der Waals surface area contributed by atoms with Crippen LogP contribution in [0.5, 0.6) is 0 Å². The van der Waals surface area contributed by atoms with Crippen molar-refractivity contribution in [1.82, 2.24) is 5.48 Å². The first kappa shape index (κ1) is 12.5. The molecule has 4 nitrogen and oxygen atoms in total. The maximum Gasteiger partial charge on any atom is 0.275 e. The van der Waals surface area contributed by atoms with Crippen molar-refractivity contribution in [3.63, 3.8) is 0 Å². The van der Waals surface area contributed by atoms with Crippen molar-refractivity contribution in [2.75, 3.05) is 6.61 Å². The fourth-order valence-electron chi connectivity index (χ4n) is 1.79. The smallest absolute Gasteiger partial charge is 0.275 e. The van der Waals surface area contributed by atoms with Gasteiger partial charge >= 0.3 is 0 Å². The molecule has 1 aliphatic rings. The van der Waals surface area contributed by atoms with Gasteiger partial charge in [0.05, 0.1) is 6.61 Å². The van der Waals surface area contributed by atoms with Crippen LogP contribution in [0.4, 0.5) is 0 Å². The number of amides is 1. The Morgan fingerprint density at radius 3 is 2.67 bits per heavy atom. The van der Waals surface area contributed by atoms with Gasteiger partial charge in [0, 0.05) is 0 Å². The molecule has 0 aromatic rings. The third kappa shape index (κ3) is 3.80. The zero-order chi connectivity index (χ0) is 11.1. The van der Waals surface area contributed by atoms with E-state index in [2.05, 4.69) is 12.4 Å². The van der Waals surface area contributed by atoms with Crippen molar-refractivity contribution in [3.05, 3.63) is 0 Å². The Morgan fingerprint density at radius 1 is 1.40 bits per heavy atom. The lowest BCUT2D eigenvalue weighted by Crippen LogP contribution is -2.48. The van der Waals surface area contributed by atoms with E-state index in [-0.39, 0.29) is 5.91 Å². The van der Waals surface area contributed by atoms with Gasteiger partial charge in [-0.2, -0.15) is 0 Å². The maximum atomic E-state index is 11.6. The highest BCUT2D eigenvalue weighted by Crippen LogP contribution is 2.27. The van der Waals surface area contributed by atoms with Crippen molar-refractivity contribution in [1.29, 1.82) is 0 Å². The van der Waals surface area contributed by atoms with Crippen LogP contribution in [0.15, 0.2) is 0 Å². The van der Waals surface area contributed by atoms with Crippen LogP contribution in [-0.2, 0) is 9.63 Å². The molecule has 88 valence electrons. The summed E-state index contributed by atoms with van der Waals surface area (Å²) in [7, 11) is 0. The van der Waals surface area contributed by atoms with Crippen molar-refractivity contribution in [3.8, 4) is 0 Å². The second-order valence-corrected chi connectivity index (χ2v) is 4.23. The van der Waals surface area contributed by atoms with Gasteiger partial charge in [0.2, 0.25) is 0 Å². The van der Waals surface area contributed by atoms with Crippen LogP contribution in [-0.4, -0.2) is 23.2 Å². The van der Waals surface area contributed by atoms with Crippen molar-refractivity contribution in [2.45, 2.75) is 57.5 Å². The highest BCUT2D eigenvalue weighted by Gasteiger charge is 2.37. The molecule has 0 atom stereocenters. The number of unbranched alkanes of at least 4 members (excludes halogenated alkanes) is 1. The van der Waals surface area contributed by atoms with Gasteiger partial charge in [-0.05, 0) is 19.3 Å². The van der Waals surface area contributed by atoms with E-state index in [0.717, 1.165) is 32.1 Å². The van der Waals surface area contributed by atoms with E-state index in [1.807, 2.05) is 0 Å². The molecule has 1 amide bonds. The van der Waals surface area contributed by atoms with E-state index in [1.54, 1.807) is 0 Å². The minimum Gasteiger partial charge on any atom is -0.380 e. The summed E-state index contributed by atoms with van der Waals surface area (Å²) in [5.41, 5.74) is 1.15. The minimum atomic E-state index is -1.19. The molecule has 0 aliphatic heterocycles. The SMILES string of the molecule is CCCCONC(=O)C1(O)CCCCC1. The van der Waals surface area contributed by atoms with Gasteiger partial charge in [-0.25, -0.2) is 5.48 Å². The Morgan fingerprint density at radius 2 is 2.07 bits per heavy atom. The number of hydroxylamine groups is 1. The molecule has 1 fully saturated rings. The fourth-order valence-corrected chi connectivity index (χ4v) is 1.79. The molecule has 0 unspecified atom stereocenters. The van der Waals surface area contributed by atoms with Crippen LogP contribution in [0.1, 0.15) is 51.9 Å². The number of hydrogen-bond acceptors (Lipinski definition) is 3. The van der Waals surface area contributed by atoms with Crippen LogP contribution in [0, 0.1) is 0 Å². The molecular formula is C11H21NO3. The molecule has 0 heterocycles. The van der Waals surface area contributed by atoms with Gasteiger partial charge in [0.25, 0.3) is 5.91 Å². The lowest BCUT2D eigenvalue weighted by atomic mass is 9.84. The third-order valence-electron chi connectivity index (χ3n) is 2.87. The van der Waals surface area contributed by atoms with E-state index < -0.39 is 5.60 Å². The average molecular weight is 215 g/mol. The van der Waals surface area contributed by atoms with Crippen LogP contribution < -0.4 is 5.48 Å². The molecule has 2 N–H and O–H groups in total. The lowest BCUT2D eigenvalue weighted by Gasteiger charge is -2.30. The molecule has 0 spiro atoms. The third-order valence-corrected chi connectivity index (χ3v) is 2.87. The Bertz CT molecular complexity index is 200. The molecule has 0 radical (unpaired) electrons. The summed E-state index contributed by atoms with van der Waals surface area (Å²) in [6.45, 7) is 2.57. The van der Waals surface area contributed by atoms with E-state index in [4.69, 9.17) is 4.84 Å². The van der Waals surface area contributed by atoms with E-state index in [1.165, 1.54) is 0 Å². The van der Waals surface area contributed by atoms with E-state index in [0.29, 0.717) is 19.4 Å². The summed E-state index contributed by atoms with van der Waals surface area (Å²) in [6, 6.07) is 0. The molecule has 4 heteroatoms. The Balaban J connectivity index is 2.25. The number of carbonyl (C=O) groups is 1. The second-order valence-electron chi connectivity index (χ2n) is 4.23. The Labute approximate surface area is 91.0 Å². The molecule has 1 rings (SSSR count). The van der Waals surface area contributed by atoms with Gasteiger partial charge in [-0.1, -0.05) is 32.6 Å². The lowest BCUT2D eigenvalue weighted by molar-refractivity contribution is -0.156. The van der Waals surface area contributed by atoms with Crippen molar-refractivity contribution < 1.29 is 14.7 Å². The van der Waals surface area contributed by atoms with Crippen molar-refractivity contribution in [2.24, 2.45) is 0 Å². The second kappa shape index (κ2) is 6.08. The number of aliphatic hydroxyl groups is 1. The average Bonchev–Trinajstić information content (AvgIpc) is 2.25. The summed E-state index contributed by atoms with van der Waals surface area (Å²) < 4.78 is 0. The molecule has 1 saturated carbocycles. The van der Waals surface area contributed by atoms with Gasteiger partial charge in [0.15, 0.2) is 0 Å². The van der Waals surface area contributed by atoms with Crippen LogP contribution in [0.2, 0.25) is 0 Å². The first-order valence-corrected chi connectivity index (χ1v) is 5.83. The molecule has 0 saturated heterocycles. The molecular weight excluding hydrogens is 194 g/mol. The van der Waals surface area contributed by atoms with Gasteiger partial charge in [-0.15, -0.1) is 0 Å². The fraction of sp³-hybridized carbons (Fsp3) is 0.909. The predicted octanol–water partition coefficient (Wildman–Crippen LogP) is 1.53. The number of nitrogens with one attached hydrogen (secondary N) is 1. The van der Waals surface area contributed by atoms with E-state index >= 15 is 0 Å². The zero-order valence-corrected chi connectivity index (χ0v) is 9.42. The highest BCUT2D eigenvalue weighted by molar-refractivity contribution is 5.84. The van der Waals surface area contributed by atoms with Crippen LogP contribution in [0.3, 0.4) is 0 Å². The quantitative estimate of drug-likeness (QED) is 0.540. The largest absolute Gasteiger partial charge is 0.380 e. The Hall–Kier alpha value is -0.610. The van der Waals surface area contributed by atoms with Crippen molar-refractivity contribution >= 4 is 5.91 Å². The maximum absolute atomic E-state index is 11.6. The summed E-state index contributed by atoms with van der Waals surface area (Å²) in [4.78, 5) is 16.6. The molecule has 0 bridgehead atoms. The first-order chi connectivity index (χ1) is 7.19. The molecule has 1 aliphatic carbocycles. The predicted molar refractivity (Wildman–Crippen MR) is 57.0 cm³/mol. The molecule has 0 aromatic carbocycles. The normalized spacial score (nSPS) is 19.9. The zero-order valence-electron chi connectivity index (χ0n) is 9.42. The molecule has 0 aromatic heterocycles. The van der Waals surface area contributed by atoms with Gasteiger partial charge < -0.3 is 5.11 Å². The monoisotopic (exact) mass is 215 g/mol. The summed E-state index contributed by atoms with van der Waals surface area (Å²) in [5.74, 6) is -0.377. The first-order valence-electron chi connectivity index (χ1n) is 5.83.